The zero-order valence-corrected chi connectivity index (χ0v) is 11.4. The third-order valence-corrected chi connectivity index (χ3v) is 3.44. The summed E-state index contributed by atoms with van der Waals surface area (Å²) < 4.78 is 7.71. The Kier molecular flexibility index (Phi) is 2.60. The first-order chi connectivity index (χ1) is 9.54. The number of pyridine rings is 1. The maximum absolute atomic E-state index is 12.2. The van der Waals surface area contributed by atoms with Crippen molar-refractivity contribution in [1.29, 1.82) is 0 Å². The highest BCUT2D eigenvalue weighted by molar-refractivity contribution is 5.93. The molecule has 0 saturated heterocycles. The van der Waals surface area contributed by atoms with E-state index in [1.165, 1.54) is 11.6 Å². The van der Waals surface area contributed by atoms with Crippen molar-refractivity contribution in [3.8, 4) is 5.75 Å². The van der Waals surface area contributed by atoms with Crippen LogP contribution >= 0.6 is 0 Å². The van der Waals surface area contributed by atoms with Gasteiger partial charge in [0.2, 0.25) is 0 Å². The number of hydrogen-bond acceptors (Lipinski definition) is 4. The van der Waals surface area contributed by atoms with Gasteiger partial charge in [-0.2, -0.15) is 0 Å². The van der Waals surface area contributed by atoms with Gasteiger partial charge in [-0.1, -0.05) is 12.1 Å². The quantitative estimate of drug-likeness (QED) is 0.614. The van der Waals surface area contributed by atoms with E-state index in [9.17, 15) is 9.59 Å². The molecule has 3 aromatic rings. The number of benzene rings is 1. The molecule has 0 radical (unpaired) electrons. The van der Waals surface area contributed by atoms with Crippen LogP contribution in [-0.2, 0) is 14.1 Å². The Labute approximate surface area is 113 Å². The molecule has 0 aliphatic carbocycles. The van der Waals surface area contributed by atoms with Crippen LogP contribution in [-0.4, -0.2) is 21.2 Å². The van der Waals surface area contributed by atoms with Crippen molar-refractivity contribution in [3.05, 3.63) is 45.1 Å². The van der Waals surface area contributed by atoms with E-state index in [1.807, 2.05) is 12.1 Å². The molecule has 0 atom stereocenters. The average molecular weight is 271 g/mol. The summed E-state index contributed by atoms with van der Waals surface area (Å²) in [5, 5.41) is 1.21. The third-order valence-electron chi connectivity index (χ3n) is 3.44. The molecule has 6 heteroatoms. The molecule has 2 aromatic heterocycles. The standard InChI is InChI=1S/C14H13N3O3/c1-16-12-9(13(18)17(2)14(16)19)7-8-5-4-6-10(20-3)11(8)15-12/h4-7H,1-3H3. The molecule has 0 bridgehead atoms. The lowest BCUT2D eigenvalue weighted by molar-refractivity contribution is 0.419. The number of rotatable bonds is 1. The molecule has 0 unspecified atom stereocenters. The van der Waals surface area contributed by atoms with Crippen LogP contribution in [0.5, 0.6) is 5.75 Å². The molecule has 0 saturated carbocycles. The summed E-state index contributed by atoms with van der Waals surface area (Å²) in [5.74, 6) is 0.609. The second-order valence-electron chi connectivity index (χ2n) is 4.60. The Morgan fingerprint density at radius 1 is 1.15 bits per heavy atom. The Balaban J connectivity index is 2.62. The summed E-state index contributed by atoms with van der Waals surface area (Å²) in [4.78, 5) is 28.6. The van der Waals surface area contributed by atoms with Gasteiger partial charge >= 0.3 is 5.69 Å². The number of methoxy groups -OCH3 is 1. The lowest BCUT2D eigenvalue weighted by Gasteiger charge is -2.09. The smallest absolute Gasteiger partial charge is 0.332 e. The highest BCUT2D eigenvalue weighted by atomic mass is 16.5. The monoisotopic (exact) mass is 271 g/mol. The minimum absolute atomic E-state index is 0.347. The normalized spacial score (nSPS) is 11.2. The summed E-state index contributed by atoms with van der Waals surface area (Å²) in [6, 6.07) is 7.22. The van der Waals surface area contributed by atoms with E-state index in [4.69, 9.17) is 4.74 Å². The van der Waals surface area contributed by atoms with Crippen molar-refractivity contribution in [1.82, 2.24) is 14.1 Å². The van der Waals surface area contributed by atoms with Gasteiger partial charge in [-0.05, 0) is 12.1 Å². The lowest BCUT2D eigenvalue weighted by Crippen LogP contribution is -2.37. The maximum atomic E-state index is 12.2. The van der Waals surface area contributed by atoms with E-state index >= 15 is 0 Å². The second-order valence-corrected chi connectivity index (χ2v) is 4.60. The second kappa shape index (κ2) is 4.19. The van der Waals surface area contributed by atoms with Crippen LogP contribution in [0.15, 0.2) is 33.9 Å². The molecule has 0 N–H and O–H groups in total. The number of aryl methyl sites for hydroxylation is 1. The van der Waals surface area contributed by atoms with Gasteiger partial charge in [0.05, 0.1) is 12.5 Å². The topological polar surface area (TPSA) is 66.1 Å². The number of ether oxygens (including phenoxy) is 1. The summed E-state index contributed by atoms with van der Waals surface area (Å²) in [6.07, 6.45) is 0. The number of aromatic nitrogens is 3. The first-order valence-corrected chi connectivity index (χ1v) is 6.08. The Morgan fingerprint density at radius 2 is 1.90 bits per heavy atom. The minimum atomic E-state index is -0.399. The number of hydrogen-bond donors (Lipinski definition) is 0. The highest BCUT2D eigenvalue weighted by Crippen LogP contribution is 2.25. The fraction of sp³-hybridized carbons (Fsp3) is 0.214. The SMILES string of the molecule is COc1cccc2cc3c(=O)n(C)c(=O)n(C)c3nc12. The Morgan fingerprint density at radius 3 is 2.60 bits per heavy atom. The highest BCUT2D eigenvalue weighted by Gasteiger charge is 2.12. The average Bonchev–Trinajstić information content (AvgIpc) is 2.48. The first-order valence-electron chi connectivity index (χ1n) is 6.08. The van der Waals surface area contributed by atoms with Crippen LogP contribution < -0.4 is 16.0 Å². The molecular weight excluding hydrogens is 258 g/mol. The molecule has 0 fully saturated rings. The van der Waals surface area contributed by atoms with E-state index in [-0.39, 0.29) is 5.56 Å². The van der Waals surface area contributed by atoms with Gasteiger partial charge in [-0.15, -0.1) is 0 Å². The third kappa shape index (κ3) is 1.54. The predicted molar refractivity (Wildman–Crippen MR) is 76.3 cm³/mol. The summed E-state index contributed by atoms with van der Waals surface area (Å²) in [6.45, 7) is 0. The first kappa shape index (κ1) is 12.4. The van der Waals surface area contributed by atoms with E-state index < -0.39 is 5.69 Å². The van der Waals surface area contributed by atoms with Gasteiger partial charge in [0.25, 0.3) is 5.56 Å². The fourth-order valence-corrected chi connectivity index (χ4v) is 2.32. The summed E-state index contributed by atoms with van der Waals surface area (Å²) >= 11 is 0. The van der Waals surface area contributed by atoms with E-state index in [0.717, 1.165) is 9.95 Å². The molecule has 0 aliphatic heterocycles. The van der Waals surface area contributed by atoms with Crippen LogP contribution in [0.1, 0.15) is 0 Å². The van der Waals surface area contributed by atoms with E-state index in [2.05, 4.69) is 4.98 Å². The van der Waals surface area contributed by atoms with Gasteiger partial charge in [-0.25, -0.2) is 9.78 Å². The van der Waals surface area contributed by atoms with Crippen LogP contribution in [0.3, 0.4) is 0 Å². The lowest BCUT2D eigenvalue weighted by atomic mass is 10.1. The molecule has 2 heterocycles. The van der Waals surface area contributed by atoms with Crippen molar-refractivity contribution in [2.24, 2.45) is 14.1 Å². The van der Waals surface area contributed by atoms with Gasteiger partial charge in [0.15, 0.2) is 0 Å². The Bertz CT molecular complexity index is 954. The predicted octanol–water partition coefficient (Wildman–Crippen LogP) is 0.794. The number of para-hydroxylation sites is 1. The van der Waals surface area contributed by atoms with E-state index in [0.29, 0.717) is 22.3 Å². The molecule has 0 spiro atoms. The molecule has 6 nitrogen and oxygen atoms in total. The van der Waals surface area contributed by atoms with Crippen molar-refractivity contribution >= 4 is 21.9 Å². The Hall–Kier alpha value is -2.63. The van der Waals surface area contributed by atoms with Gasteiger partial charge in [-0.3, -0.25) is 13.9 Å². The molecule has 20 heavy (non-hydrogen) atoms. The number of nitrogens with zero attached hydrogens (tertiary/aromatic N) is 3. The van der Waals surface area contributed by atoms with Gasteiger partial charge in [0, 0.05) is 19.5 Å². The summed E-state index contributed by atoms with van der Waals surface area (Å²) in [7, 11) is 4.61. The van der Waals surface area contributed by atoms with Crippen LogP contribution in [0.2, 0.25) is 0 Å². The van der Waals surface area contributed by atoms with Crippen LogP contribution in [0, 0.1) is 0 Å². The molecule has 102 valence electrons. The zero-order valence-electron chi connectivity index (χ0n) is 11.4. The maximum Gasteiger partial charge on any atom is 0.332 e. The van der Waals surface area contributed by atoms with Gasteiger partial charge in [0.1, 0.15) is 16.9 Å². The molecule has 3 rings (SSSR count). The molecular formula is C14H13N3O3. The number of fused-ring (bicyclic) bond motifs is 2. The molecule has 1 aromatic carbocycles. The van der Waals surface area contributed by atoms with E-state index in [1.54, 1.807) is 26.3 Å². The van der Waals surface area contributed by atoms with Crippen molar-refractivity contribution < 1.29 is 4.74 Å². The minimum Gasteiger partial charge on any atom is -0.494 e. The largest absolute Gasteiger partial charge is 0.494 e. The van der Waals surface area contributed by atoms with Gasteiger partial charge < -0.3 is 4.74 Å². The molecule has 0 amide bonds. The van der Waals surface area contributed by atoms with Crippen LogP contribution in [0.25, 0.3) is 21.9 Å². The van der Waals surface area contributed by atoms with Crippen LogP contribution in [0.4, 0.5) is 0 Å². The van der Waals surface area contributed by atoms with Crippen molar-refractivity contribution in [2.75, 3.05) is 7.11 Å². The van der Waals surface area contributed by atoms with Crippen molar-refractivity contribution in [3.63, 3.8) is 0 Å². The van der Waals surface area contributed by atoms with Crippen molar-refractivity contribution in [2.45, 2.75) is 0 Å². The fourth-order valence-electron chi connectivity index (χ4n) is 2.32. The zero-order chi connectivity index (χ0) is 14.4. The summed E-state index contributed by atoms with van der Waals surface area (Å²) in [5.41, 5.74) is 0.241. The molecule has 0 aliphatic rings.